The lowest BCUT2D eigenvalue weighted by Crippen LogP contribution is -2.53. The van der Waals surface area contributed by atoms with Gasteiger partial charge in [0.25, 0.3) is 0 Å². The molecule has 0 radical (unpaired) electrons. The van der Waals surface area contributed by atoms with E-state index in [9.17, 15) is 14.4 Å². The molecule has 6 heteroatoms. The van der Waals surface area contributed by atoms with Crippen molar-refractivity contribution in [2.75, 3.05) is 14.2 Å². The van der Waals surface area contributed by atoms with Crippen LogP contribution >= 0.6 is 0 Å². The van der Waals surface area contributed by atoms with Crippen molar-refractivity contribution < 1.29 is 23.9 Å². The molecule has 1 heterocycles. The first-order valence-electron chi connectivity index (χ1n) is 6.71. The molecule has 6 nitrogen and oxygen atoms in total. The third-order valence-corrected chi connectivity index (χ3v) is 4.37. The summed E-state index contributed by atoms with van der Waals surface area (Å²) < 4.78 is 9.54. The second-order valence-electron chi connectivity index (χ2n) is 5.56. The number of amides is 1. The van der Waals surface area contributed by atoms with Crippen LogP contribution in [0.5, 0.6) is 0 Å². The van der Waals surface area contributed by atoms with Crippen molar-refractivity contribution >= 4 is 17.8 Å². The summed E-state index contributed by atoms with van der Waals surface area (Å²) in [6, 6.07) is 0. The predicted molar refractivity (Wildman–Crippen MR) is 73.8 cm³/mol. The number of esters is 2. The first-order valence-corrected chi connectivity index (χ1v) is 6.71. The smallest absolute Gasteiger partial charge is 0.354 e. The van der Waals surface area contributed by atoms with Crippen LogP contribution in [0, 0.1) is 11.3 Å². The fourth-order valence-corrected chi connectivity index (χ4v) is 3.05. The van der Waals surface area contributed by atoms with Gasteiger partial charge >= 0.3 is 11.9 Å². The van der Waals surface area contributed by atoms with Crippen LogP contribution in [0.3, 0.4) is 0 Å². The van der Waals surface area contributed by atoms with Crippen LogP contribution in [-0.4, -0.2) is 32.1 Å². The van der Waals surface area contributed by atoms with Gasteiger partial charge < -0.3 is 14.8 Å². The minimum Gasteiger partial charge on any atom is -0.468 e. The van der Waals surface area contributed by atoms with Crippen molar-refractivity contribution in [3.63, 3.8) is 0 Å². The number of rotatable bonds is 2. The molecule has 1 N–H and O–H groups in total. The Morgan fingerprint density at radius 2 is 1.90 bits per heavy atom. The van der Waals surface area contributed by atoms with Gasteiger partial charge in [-0.05, 0) is 32.8 Å². The molecule has 0 fully saturated rings. The third-order valence-electron chi connectivity index (χ3n) is 4.37. The number of hydrogen-bond donors (Lipinski definition) is 1. The monoisotopic (exact) mass is 293 g/mol. The molecule has 1 amide bonds. The summed E-state index contributed by atoms with van der Waals surface area (Å²) in [6.45, 7) is 3.87. The van der Waals surface area contributed by atoms with Crippen LogP contribution in [0.25, 0.3) is 0 Å². The quantitative estimate of drug-likeness (QED) is 0.608. The highest BCUT2D eigenvalue weighted by Crippen LogP contribution is 2.48. The Labute approximate surface area is 123 Å². The fraction of sp³-hybridized carbons (Fsp3) is 0.533. The van der Waals surface area contributed by atoms with Crippen molar-refractivity contribution in [2.45, 2.75) is 26.7 Å². The highest BCUT2D eigenvalue weighted by molar-refractivity contribution is 6.01. The third kappa shape index (κ3) is 2.34. The Hall–Kier alpha value is -2.11. The van der Waals surface area contributed by atoms with Crippen LogP contribution in [0.1, 0.15) is 26.7 Å². The molecule has 0 bridgehead atoms. The number of hydrogen-bond acceptors (Lipinski definition) is 5. The van der Waals surface area contributed by atoms with E-state index >= 15 is 0 Å². The zero-order chi connectivity index (χ0) is 15.8. The minimum absolute atomic E-state index is 0.00324. The molecule has 0 saturated heterocycles. The Balaban J connectivity index is 2.59. The van der Waals surface area contributed by atoms with Crippen molar-refractivity contribution in [2.24, 2.45) is 11.3 Å². The number of ether oxygens (including phenoxy) is 2. The van der Waals surface area contributed by atoms with Gasteiger partial charge in [0.2, 0.25) is 5.91 Å². The van der Waals surface area contributed by atoms with Crippen molar-refractivity contribution in [3.8, 4) is 0 Å². The van der Waals surface area contributed by atoms with Gasteiger partial charge in [-0.2, -0.15) is 0 Å². The molecule has 114 valence electrons. The van der Waals surface area contributed by atoms with E-state index in [4.69, 9.17) is 4.74 Å². The maximum atomic E-state index is 12.4. The molecule has 2 rings (SSSR count). The number of nitrogens with one attached hydrogen (secondary N) is 1. The van der Waals surface area contributed by atoms with Gasteiger partial charge in [-0.3, -0.25) is 9.59 Å². The van der Waals surface area contributed by atoms with E-state index in [1.165, 1.54) is 20.3 Å². The Kier molecular flexibility index (Phi) is 3.89. The molecule has 0 spiro atoms. The van der Waals surface area contributed by atoms with Crippen LogP contribution < -0.4 is 5.32 Å². The van der Waals surface area contributed by atoms with Crippen LogP contribution in [0.2, 0.25) is 0 Å². The van der Waals surface area contributed by atoms with E-state index < -0.39 is 23.3 Å². The molecular weight excluding hydrogens is 274 g/mol. The highest BCUT2D eigenvalue weighted by atomic mass is 16.5. The Morgan fingerprint density at radius 1 is 1.24 bits per heavy atom. The van der Waals surface area contributed by atoms with Gasteiger partial charge in [-0.15, -0.1) is 0 Å². The molecule has 21 heavy (non-hydrogen) atoms. The van der Waals surface area contributed by atoms with Gasteiger partial charge in [-0.25, -0.2) is 4.79 Å². The zero-order valence-corrected chi connectivity index (χ0v) is 12.6. The zero-order valence-electron chi connectivity index (χ0n) is 12.6. The fourth-order valence-electron chi connectivity index (χ4n) is 3.05. The first kappa shape index (κ1) is 15.3. The predicted octanol–water partition coefficient (Wildman–Crippen LogP) is 1.08. The maximum Gasteiger partial charge on any atom is 0.354 e. The maximum absolute atomic E-state index is 12.4. The van der Waals surface area contributed by atoms with E-state index in [0.29, 0.717) is 12.8 Å². The summed E-state index contributed by atoms with van der Waals surface area (Å²) in [5.74, 6) is -2.10. The largest absolute Gasteiger partial charge is 0.468 e. The van der Waals surface area contributed by atoms with Crippen molar-refractivity contribution in [1.82, 2.24) is 5.32 Å². The van der Waals surface area contributed by atoms with E-state index in [1.807, 2.05) is 13.8 Å². The number of methoxy groups -OCH3 is 2. The van der Waals surface area contributed by atoms with E-state index in [1.54, 1.807) is 0 Å². The van der Waals surface area contributed by atoms with Crippen molar-refractivity contribution in [3.05, 3.63) is 22.9 Å². The first-order chi connectivity index (χ1) is 9.85. The Bertz CT molecular complexity index is 575. The second kappa shape index (κ2) is 5.35. The second-order valence-corrected chi connectivity index (χ2v) is 5.56. The lowest BCUT2D eigenvalue weighted by Gasteiger charge is -2.42. The summed E-state index contributed by atoms with van der Waals surface area (Å²) in [5.41, 5.74) is 0.984. The molecule has 0 aromatic carbocycles. The average Bonchev–Trinajstić information content (AvgIpc) is 2.47. The average molecular weight is 293 g/mol. The lowest BCUT2D eigenvalue weighted by atomic mass is 9.62. The van der Waals surface area contributed by atoms with Gasteiger partial charge in [0.05, 0.1) is 20.1 Å². The molecule has 1 aliphatic heterocycles. The summed E-state index contributed by atoms with van der Waals surface area (Å²) in [4.78, 5) is 36.4. The van der Waals surface area contributed by atoms with Crippen LogP contribution in [0.4, 0.5) is 0 Å². The van der Waals surface area contributed by atoms with E-state index in [-0.39, 0.29) is 11.6 Å². The topological polar surface area (TPSA) is 81.7 Å². The number of fused-ring (bicyclic) bond motifs is 1. The number of carbonyl (C=O) groups excluding carboxylic acids is 3. The molecule has 0 aromatic heterocycles. The van der Waals surface area contributed by atoms with Gasteiger partial charge in [0.1, 0.15) is 11.1 Å². The summed E-state index contributed by atoms with van der Waals surface area (Å²) in [5, 5.41) is 2.52. The van der Waals surface area contributed by atoms with E-state index in [0.717, 1.165) is 11.1 Å². The SMILES string of the molecule is COC(=O)C1=C[C@]2(C(=O)OC)CC(C)=C(C)C[C@@H]2C(=O)N1. The van der Waals surface area contributed by atoms with Gasteiger partial charge in [-0.1, -0.05) is 11.1 Å². The Morgan fingerprint density at radius 3 is 2.48 bits per heavy atom. The summed E-state index contributed by atoms with van der Waals surface area (Å²) in [7, 11) is 2.51. The summed E-state index contributed by atoms with van der Waals surface area (Å²) in [6.07, 6.45) is 2.33. The minimum atomic E-state index is -1.13. The number of allylic oxidation sites excluding steroid dienone is 2. The summed E-state index contributed by atoms with van der Waals surface area (Å²) >= 11 is 0. The standard InChI is InChI=1S/C15H19NO5/c1-8-5-10-12(17)16-11(13(18)20-3)7-15(10,6-9(8)2)14(19)21-4/h7,10H,5-6H2,1-4H3,(H,16,17)/t10-,15-/m1/s1. The molecular formula is C15H19NO5. The molecule has 0 aromatic rings. The van der Waals surface area contributed by atoms with E-state index in [2.05, 4.69) is 10.1 Å². The van der Waals surface area contributed by atoms with Crippen LogP contribution in [0.15, 0.2) is 22.9 Å². The number of carbonyl (C=O) groups is 3. The lowest BCUT2D eigenvalue weighted by molar-refractivity contribution is -0.157. The highest BCUT2D eigenvalue weighted by Gasteiger charge is 2.54. The molecule has 2 atom stereocenters. The normalized spacial score (nSPS) is 28.3. The van der Waals surface area contributed by atoms with Crippen molar-refractivity contribution in [1.29, 1.82) is 0 Å². The van der Waals surface area contributed by atoms with Crippen LogP contribution in [-0.2, 0) is 23.9 Å². The van der Waals surface area contributed by atoms with Gasteiger partial charge in [0.15, 0.2) is 0 Å². The van der Waals surface area contributed by atoms with Gasteiger partial charge in [0, 0.05) is 0 Å². The molecule has 0 unspecified atom stereocenters. The molecule has 0 saturated carbocycles. The molecule has 1 aliphatic carbocycles. The molecule has 2 aliphatic rings.